The molecule has 0 fully saturated rings. The molecule has 6 heteroatoms. The highest BCUT2D eigenvalue weighted by Crippen LogP contribution is 2.22. The van der Waals surface area contributed by atoms with Gasteiger partial charge in [0, 0.05) is 20.6 Å². The van der Waals surface area contributed by atoms with E-state index in [2.05, 4.69) is 25.9 Å². The Balaban J connectivity index is 2.09. The molecule has 0 bridgehead atoms. The number of hydrogen-bond acceptors (Lipinski definition) is 2. The Hall–Kier alpha value is -1.85. The Morgan fingerprint density at radius 1 is 1.00 bits per heavy atom. The second kappa shape index (κ2) is 4.92. The number of halogens is 2. The first-order valence-corrected chi connectivity index (χ1v) is 6.93. The van der Waals surface area contributed by atoms with Gasteiger partial charge in [0.05, 0.1) is 11.0 Å². The number of benzene rings is 2. The quantitative estimate of drug-likeness (QED) is 0.694. The molecule has 2 aromatic carbocycles. The molecule has 1 heterocycles. The molecule has 20 heavy (non-hydrogen) atoms. The van der Waals surface area contributed by atoms with E-state index >= 15 is 0 Å². The van der Waals surface area contributed by atoms with Crippen LogP contribution in [0.4, 0.5) is 0 Å². The van der Waals surface area contributed by atoms with Crippen LogP contribution in [-0.2, 0) is 0 Å². The number of rotatable bonds is 2. The lowest BCUT2D eigenvalue weighted by molar-refractivity contribution is 0.103. The molecule has 3 aromatic rings. The molecule has 0 radical (unpaired) electrons. The van der Waals surface area contributed by atoms with Gasteiger partial charge in [-0.25, -0.2) is 4.79 Å². The fraction of sp³-hybridized carbons (Fsp3) is 0. The number of nitrogens with one attached hydrogen (secondary N) is 2. The zero-order valence-corrected chi connectivity index (χ0v) is 12.4. The zero-order chi connectivity index (χ0) is 14.3. The minimum atomic E-state index is -0.296. The summed E-state index contributed by atoms with van der Waals surface area (Å²) in [5.41, 5.74) is 1.94. The number of imidazole rings is 1. The van der Waals surface area contributed by atoms with Crippen molar-refractivity contribution in [2.45, 2.75) is 0 Å². The smallest absolute Gasteiger partial charge is 0.306 e. The summed E-state index contributed by atoms with van der Waals surface area (Å²) in [4.78, 5) is 28.9. The van der Waals surface area contributed by atoms with E-state index in [-0.39, 0.29) is 11.5 Å². The van der Waals surface area contributed by atoms with Gasteiger partial charge < -0.3 is 9.97 Å². The highest BCUT2D eigenvalue weighted by atomic mass is 79.9. The average molecular weight is 352 g/mol. The van der Waals surface area contributed by atoms with Gasteiger partial charge in [-0.2, -0.15) is 0 Å². The van der Waals surface area contributed by atoms with Gasteiger partial charge in [0.2, 0.25) is 0 Å². The Morgan fingerprint density at radius 2 is 1.75 bits per heavy atom. The molecule has 0 spiro atoms. The summed E-state index contributed by atoms with van der Waals surface area (Å²) >= 11 is 9.25. The number of aromatic nitrogens is 2. The summed E-state index contributed by atoms with van der Waals surface area (Å²) < 4.78 is 0.740. The first kappa shape index (κ1) is 13.1. The van der Waals surface area contributed by atoms with Crippen molar-refractivity contribution in [2.24, 2.45) is 0 Å². The highest BCUT2D eigenvalue weighted by Gasteiger charge is 2.12. The number of hydrogen-bond donors (Lipinski definition) is 2. The average Bonchev–Trinajstić information content (AvgIpc) is 2.75. The van der Waals surface area contributed by atoms with E-state index in [0.717, 1.165) is 4.47 Å². The predicted molar refractivity (Wildman–Crippen MR) is 81.5 cm³/mol. The van der Waals surface area contributed by atoms with Crippen molar-refractivity contribution in [3.05, 3.63) is 67.5 Å². The molecule has 0 aliphatic heterocycles. The van der Waals surface area contributed by atoms with Gasteiger partial charge in [0.25, 0.3) is 0 Å². The van der Waals surface area contributed by atoms with E-state index in [0.29, 0.717) is 27.2 Å². The third kappa shape index (κ3) is 2.42. The summed E-state index contributed by atoms with van der Waals surface area (Å²) in [5.74, 6) is -0.155. The van der Waals surface area contributed by atoms with Crippen LogP contribution < -0.4 is 5.69 Å². The SMILES string of the molecule is O=C(c1cc(Cl)cc(Br)c1)c1ccc2[nH]c(=O)[nH]c2c1. The molecular weight excluding hydrogens is 344 g/mol. The standard InChI is InChI=1S/C14H8BrClN2O2/c15-9-3-8(4-10(16)6-9)13(19)7-1-2-11-12(5-7)18-14(20)17-11/h1-6H,(H2,17,18,20). The lowest BCUT2D eigenvalue weighted by atomic mass is 10.0. The predicted octanol–water partition coefficient (Wildman–Crippen LogP) is 3.50. The molecule has 0 saturated carbocycles. The molecule has 1 aromatic heterocycles. The fourth-order valence-electron chi connectivity index (χ4n) is 2.03. The van der Waals surface area contributed by atoms with Gasteiger partial charge >= 0.3 is 5.69 Å². The molecule has 4 nitrogen and oxygen atoms in total. The van der Waals surface area contributed by atoms with E-state index in [4.69, 9.17) is 11.6 Å². The highest BCUT2D eigenvalue weighted by molar-refractivity contribution is 9.10. The van der Waals surface area contributed by atoms with E-state index in [9.17, 15) is 9.59 Å². The van der Waals surface area contributed by atoms with Gasteiger partial charge in [-0.15, -0.1) is 0 Å². The molecule has 3 rings (SSSR count). The molecule has 0 amide bonds. The van der Waals surface area contributed by atoms with Gasteiger partial charge in [0.15, 0.2) is 5.78 Å². The van der Waals surface area contributed by atoms with Crippen molar-refractivity contribution in [1.82, 2.24) is 9.97 Å². The Morgan fingerprint density at radius 3 is 2.50 bits per heavy atom. The second-order valence-corrected chi connectivity index (χ2v) is 5.68. The van der Waals surface area contributed by atoms with Crippen molar-refractivity contribution in [1.29, 1.82) is 0 Å². The molecule has 0 aliphatic rings. The maximum atomic E-state index is 12.4. The van der Waals surface area contributed by atoms with Gasteiger partial charge in [-0.3, -0.25) is 4.79 Å². The van der Waals surface area contributed by atoms with E-state index < -0.39 is 0 Å². The van der Waals surface area contributed by atoms with Crippen LogP contribution in [0.1, 0.15) is 15.9 Å². The monoisotopic (exact) mass is 350 g/mol. The Labute approximate surface area is 126 Å². The fourth-order valence-corrected chi connectivity index (χ4v) is 2.89. The first-order valence-electron chi connectivity index (χ1n) is 5.76. The van der Waals surface area contributed by atoms with Gasteiger partial charge in [-0.1, -0.05) is 27.5 Å². The van der Waals surface area contributed by atoms with Crippen molar-refractivity contribution in [2.75, 3.05) is 0 Å². The van der Waals surface area contributed by atoms with Crippen molar-refractivity contribution in [3.8, 4) is 0 Å². The summed E-state index contributed by atoms with van der Waals surface area (Å²) in [6.45, 7) is 0. The summed E-state index contributed by atoms with van der Waals surface area (Å²) in [5, 5.41) is 0.485. The maximum Gasteiger partial charge on any atom is 0.323 e. The minimum Gasteiger partial charge on any atom is -0.306 e. The van der Waals surface area contributed by atoms with E-state index in [1.165, 1.54) is 0 Å². The lowest BCUT2D eigenvalue weighted by Crippen LogP contribution is -2.01. The molecule has 0 aliphatic carbocycles. The largest absolute Gasteiger partial charge is 0.323 e. The van der Waals surface area contributed by atoms with Crippen LogP contribution in [0.15, 0.2) is 45.7 Å². The number of carbonyl (C=O) groups is 1. The third-order valence-electron chi connectivity index (χ3n) is 2.90. The summed E-state index contributed by atoms with van der Waals surface area (Å²) in [6, 6.07) is 10.0. The van der Waals surface area contributed by atoms with Crippen LogP contribution in [0, 0.1) is 0 Å². The minimum absolute atomic E-state index is 0.155. The maximum absolute atomic E-state index is 12.4. The van der Waals surface area contributed by atoms with Gasteiger partial charge in [0.1, 0.15) is 0 Å². The molecule has 0 unspecified atom stereocenters. The number of ketones is 1. The zero-order valence-electron chi connectivity index (χ0n) is 10.0. The van der Waals surface area contributed by atoms with Crippen molar-refractivity contribution >= 4 is 44.3 Å². The first-order chi connectivity index (χ1) is 9.52. The number of fused-ring (bicyclic) bond motifs is 1. The van der Waals surface area contributed by atoms with E-state index in [1.807, 2.05) is 0 Å². The van der Waals surface area contributed by atoms with Crippen molar-refractivity contribution in [3.63, 3.8) is 0 Å². The van der Waals surface area contributed by atoms with Crippen LogP contribution in [-0.4, -0.2) is 15.8 Å². The molecule has 0 atom stereocenters. The van der Waals surface area contributed by atoms with E-state index in [1.54, 1.807) is 36.4 Å². The molecule has 2 N–H and O–H groups in total. The molecule has 0 saturated heterocycles. The van der Waals surface area contributed by atoms with Crippen molar-refractivity contribution < 1.29 is 4.79 Å². The van der Waals surface area contributed by atoms with Crippen LogP contribution in [0.25, 0.3) is 11.0 Å². The normalized spacial score (nSPS) is 10.9. The number of H-pyrrole nitrogens is 2. The third-order valence-corrected chi connectivity index (χ3v) is 3.58. The molecular formula is C14H8BrClN2O2. The van der Waals surface area contributed by atoms with Crippen LogP contribution in [0.5, 0.6) is 0 Å². The number of aromatic amines is 2. The molecule has 100 valence electrons. The van der Waals surface area contributed by atoms with Crippen LogP contribution in [0.3, 0.4) is 0 Å². The summed E-state index contributed by atoms with van der Waals surface area (Å²) in [6.07, 6.45) is 0. The Bertz CT molecular complexity index is 862. The Kier molecular flexibility index (Phi) is 3.23. The van der Waals surface area contributed by atoms with Crippen LogP contribution in [0.2, 0.25) is 5.02 Å². The van der Waals surface area contributed by atoms with Crippen LogP contribution >= 0.6 is 27.5 Å². The second-order valence-electron chi connectivity index (χ2n) is 4.33. The van der Waals surface area contributed by atoms with Gasteiger partial charge in [-0.05, 0) is 36.4 Å². The lowest BCUT2D eigenvalue weighted by Gasteiger charge is -2.03. The summed E-state index contributed by atoms with van der Waals surface area (Å²) in [7, 11) is 0. The topological polar surface area (TPSA) is 65.7 Å². The number of carbonyl (C=O) groups excluding carboxylic acids is 1.